The Hall–Kier alpha value is -0.460. The lowest BCUT2D eigenvalue weighted by Gasteiger charge is -2.13. The van der Waals surface area contributed by atoms with Gasteiger partial charge in [0.15, 0.2) is 0 Å². The Morgan fingerprint density at radius 3 is 2.56 bits per heavy atom. The van der Waals surface area contributed by atoms with Crippen molar-refractivity contribution in [2.24, 2.45) is 0 Å². The first-order valence-electron chi connectivity index (χ1n) is 5.39. The van der Waals surface area contributed by atoms with E-state index in [2.05, 4.69) is 0 Å². The van der Waals surface area contributed by atoms with E-state index in [1.54, 1.807) is 6.92 Å². The average molecular weight is 252 g/mol. The van der Waals surface area contributed by atoms with Gasteiger partial charge in [-0.3, -0.25) is 9.00 Å². The van der Waals surface area contributed by atoms with Crippen LogP contribution in [0.2, 0.25) is 0 Å². The molecule has 5 nitrogen and oxygen atoms in total. The lowest BCUT2D eigenvalue weighted by Crippen LogP contribution is -2.30. The summed E-state index contributed by atoms with van der Waals surface area (Å²) in [4.78, 5) is 11.5. The maximum absolute atomic E-state index is 11.5. The summed E-state index contributed by atoms with van der Waals surface area (Å²) in [6.07, 6.45) is 0.445. The van der Waals surface area contributed by atoms with E-state index in [1.807, 2.05) is 6.92 Å². The van der Waals surface area contributed by atoms with E-state index in [0.717, 1.165) is 0 Å². The highest BCUT2D eigenvalue weighted by Gasteiger charge is 2.24. The number of carbonyl (C=O) groups excluding carboxylic acids is 1. The lowest BCUT2D eigenvalue weighted by molar-refractivity contribution is -0.144. The summed E-state index contributed by atoms with van der Waals surface area (Å²) in [5.74, 6) is -0.368. The highest BCUT2D eigenvalue weighted by Crippen LogP contribution is 2.05. The molecule has 0 saturated carbocycles. The monoisotopic (exact) mass is 252 g/mol. The zero-order valence-electron chi connectivity index (χ0n) is 9.81. The summed E-state index contributed by atoms with van der Waals surface area (Å²) >= 11 is 0. The number of carbonyl (C=O) groups is 1. The molecule has 1 N–H and O–H groups in total. The third-order valence-electron chi connectivity index (χ3n) is 1.92. The van der Waals surface area contributed by atoms with Crippen LogP contribution in [0.25, 0.3) is 0 Å². The highest BCUT2D eigenvalue weighted by molar-refractivity contribution is 7.86. The summed E-state index contributed by atoms with van der Waals surface area (Å²) in [7, 11) is -1.36. The van der Waals surface area contributed by atoms with Gasteiger partial charge in [0.1, 0.15) is 11.9 Å². The largest absolute Gasteiger partial charge is 0.462 e. The number of hydrogen-bond acceptors (Lipinski definition) is 5. The van der Waals surface area contributed by atoms with Crippen molar-refractivity contribution in [1.82, 2.24) is 0 Å². The van der Waals surface area contributed by atoms with E-state index in [1.165, 1.54) is 0 Å². The van der Waals surface area contributed by atoms with Crippen LogP contribution in [0.4, 0.5) is 0 Å². The fraction of sp³-hybridized carbons (Fsp3) is 0.900. The Labute approximate surface area is 98.6 Å². The maximum atomic E-state index is 11.5. The number of esters is 1. The van der Waals surface area contributed by atoms with Crippen molar-refractivity contribution in [3.05, 3.63) is 0 Å². The predicted octanol–water partition coefficient (Wildman–Crippen LogP) is 0.0857. The van der Waals surface area contributed by atoms with Gasteiger partial charge in [0, 0.05) is 23.2 Å². The van der Waals surface area contributed by atoms with Crippen LogP contribution in [0.1, 0.15) is 20.3 Å². The first kappa shape index (κ1) is 15.5. The van der Waals surface area contributed by atoms with Crippen molar-refractivity contribution in [2.75, 3.05) is 32.2 Å². The normalized spacial score (nSPS) is 14.4. The molecule has 0 heterocycles. The molecule has 0 aliphatic carbocycles. The standard InChI is InChI=1S/C10H20O5S/c1-3-9(16(13)8-5-11)10(12)15-7-6-14-4-2/h9,11H,3-8H2,1-2H3. The molecule has 96 valence electrons. The molecule has 0 aromatic carbocycles. The molecule has 0 bridgehead atoms. The molecular weight excluding hydrogens is 232 g/mol. The second-order valence-corrected chi connectivity index (χ2v) is 4.81. The average Bonchev–Trinajstić information content (AvgIpc) is 2.26. The first-order chi connectivity index (χ1) is 7.67. The molecule has 2 atom stereocenters. The molecule has 16 heavy (non-hydrogen) atoms. The van der Waals surface area contributed by atoms with Crippen molar-refractivity contribution in [2.45, 2.75) is 25.5 Å². The van der Waals surface area contributed by atoms with E-state index in [9.17, 15) is 9.00 Å². The van der Waals surface area contributed by atoms with Crippen LogP contribution in [-0.2, 0) is 25.1 Å². The minimum absolute atomic E-state index is 0.110. The van der Waals surface area contributed by atoms with Gasteiger partial charge in [-0.1, -0.05) is 6.92 Å². The molecule has 0 spiro atoms. The van der Waals surface area contributed by atoms with Crippen LogP contribution in [-0.4, -0.2) is 52.7 Å². The second-order valence-electron chi connectivity index (χ2n) is 3.07. The SMILES string of the molecule is CCOCCOC(=O)C(CC)S(=O)CCO. The van der Waals surface area contributed by atoms with Gasteiger partial charge in [-0.2, -0.15) is 0 Å². The van der Waals surface area contributed by atoms with Crippen LogP contribution >= 0.6 is 0 Å². The van der Waals surface area contributed by atoms with Crippen molar-refractivity contribution in [1.29, 1.82) is 0 Å². The van der Waals surface area contributed by atoms with Crippen molar-refractivity contribution >= 4 is 16.8 Å². The number of ether oxygens (including phenoxy) is 2. The van der Waals surface area contributed by atoms with Crippen LogP contribution in [0.15, 0.2) is 0 Å². The number of aliphatic hydroxyl groups is 1. The molecule has 2 unspecified atom stereocenters. The molecule has 0 aromatic heterocycles. The number of hydrogen-bond donors (Lipinski definition) is 1. The van der Waals surface area contributed by atoms with Crippen LogP contribution in [0, 0.1) is 0 Å². The molecule has 0 saturated heterocycles. The number of aliphatic hydroxyl groups excluding tert-OH is 1. The molecule has 0 radical (unpaired) electrons. The molecule has 0 rings (SSSR count). The minimum atomic E-state index is -1.36. The molecular formula is C10H20O5S. The summed E-state index contributed by atoms with van der Waals surface area (Å²) < 4.78 is 21.5. The van der Waals surface area contributed by atoms with Gasteiger partial charge in [0.2, 0.25) is 0 Å². The Kier molecular flexibility index (Phi) is 9.46. The Bertz CT molecular complexity index is 219. The zero-order chi connectivity index (χ0) is 12.4. The molecule has 0 aliphatic rings. The van der Waals surface area contributed by atoms with Gasteiger partial charge in [0.25, 0.3) is 0 Å². The van der Waals surface area contributed by atoms with E-state index >= 15 is 0 Å². The van der Waals surface area contributed by atoms with Crippen LogP contribution in [0.3, 0.4) is 0 Å². The summed E-state index contributed by atoms with van der Waals surface area (Å²) in [5.41, 5.74) is 0. The summed E-state index contributed by atoms with van der Waals surface area (Å²) in [6, 6.07) is 0. The molecule has 6 heteroatoms. The minimum Gasteiger partial charge on any atom is -0.462 e. The third-order valence-corrected chi connectivity index (χ3v) is 3.67. The summed E-state index contributed by atoms with van der Waals surface area (Å²) in [6.45, 7) is 4.54. The lowest BCUT2D eigenvalue weighted by atomic mass is 10.3. The quantitative estimate of drug-likeness (QED) is 0.465. The predicted molar refractivity (Wildman–Crippen MR) is 61.6 cm³/mol. The van der Waals surface area contributed by atoms with E-state index < -0.39 is 22.0 Å². The zero-order valence-corrected chi connectivity index (χ0v) is 10.6. The Morgan fingerprint density at radius 1 is 1.38 bits per heavy atom. The third kappa shape index (κ3) is 6.19. The number of rotatable bonds is 9. The van der Waals surface area contributed by atoms with Gasteiger partial charge >= 0.3 is 5.97 Å². The van der Waals surface area contributed by atoms with Gasteiger partial charge in [0.05, 0.1) is 13.2 Å². The van der Waals surface area contributed by atoms with Gasteiger partial charge in [-0.05, 0) is 13.3 Å². The second kappa shape index (κ2) is 9.74. The molecule has 0 aliphatic heterocycles. The van der Waals surface area contributed by atoms with E-state index in [0.29, 0.717) is 19.6 Å². The summed E-state index contributed by atoms with van der Waals surface area (Å²) in [5, 5.41) is 8.00. The van der Waals surface area contributed by atoms with Crippen molar-refractivity contribution in [3.8, 4) is 0 Å². The van der Waals surface area contributed by atoms with Gasteiger partial charge in [-0.25, -0.2) is 0 Å². The fourth-order valence-electron chi connectivity index (χ4n) is 1.13. The fourth-order valence-corrected chi connectivity index (χ4v) is 2.25. The van der Waals surface area contributed by atoms with Crippen molar-refractivity contribution < 1.29 is 23.6 Å². The molecule has 0 aromatic rings. The van der Waals surface area contributed by atoms with E-state index in [4.69, 9.17) is 14.6 Å². The Balaban J connectivity index is 3.96. The maximum Gasteiger partial charge on any atom is 0.321 e. The van der Waals surface area contributed by atoms with Gasteiger partial charge < -0.3 is 14.6 Å². The van der Waals surface area contributed by atoms with Gasteiger partial charge in [-0.15, -0.1) is 0 Å². The van der Waals surface area contributed by atoms with Crippen LogP contribution < -0.4 is 0 Å². The topological polar surface area (TPSA) is 72.8 Å². The molecule has 0 fully saturated rings. The van der Waals surface area contributed by atoms with Crippen LogP contribution in [0.5, 0.6) is 0 Å². The Morgan fingerprint density at radius 2 is 2.06 bits per heavy atom. The smallest absolute Gasteiger partial charge is 0.321 e. The highest BCUT2D eigenvalue weighted by atomic mass is 32.2. The van der Waals surface area contributed by atoms with Crippen molar-refractivity contribution in [3.63, 3.8) is 0 Å². The van der Waals surface area contributed by atoms with E-state index in [-0.39, 0.29) is 19.0 Å². The first-order valence-corrected chi connectivity index (χ1v) is 6.77. The molecule has 0 amide bonds.